The molecule has 5 heteroatoms. The first-order valence-corrected chi connectivity index (χ1v) is 6.45. The van der Waals surface area contributed by atoms with Crippen LogP contribution in [0.1, 0.15) is 25.8 Å². The van der Waals surface area contributed by atoms with Gasteiger partial charge in [0.2, 0.25) is 0 Å². The summed E-state index contributed by atoms with van der Waals surface area (Å²) in [6.07, 6.45) is 1.22. The summed E-state index contributed by atoms with van der Waals surface area (Å²) in [5.41, 5.74) is -0.407. The van der Waals surface area contributed by atoms with E-state index in [4.69, 9.17) is 9.94 Å². The second kappa shape index (κ2) is 7.43. The minimum absolute atomic E-state index is 0.112. The molecule has 1 aromatic rings. The molecule has 1 N–H and O–H groups in total. The molecule has 1 aromatic carbocycles. The van der Waals surface area contributed by atoms with Crippen LogP contribution >= 0.6 is 0 Å². The minimum atomic E-state index is -1.28. The Morgan fingerprint density at radius 1 is 1.35 bits per heavy atom. The van der Waals surface area contributed by atoms with Gasteiger partial charge in [0, 0.05) is 6.42 Å². The second-order valence-corrected chi connectivity index (χ2v) is 4.64. The summed E-state index contributed by atoms with van der Waals surface area (Å²) in [7, 11) is 0. The number of carbonyl (C=O) groups is 2. The Hall–Kier alpha value is -2.17. The zero-order valence-corrected chi connectivity index (χ0v) is 11.7. The van der Waals surface area contributed by atoms with Crippen molar-refractivity contribution in [2.75, 3.05) is 6.61 Å². The van der Waals surface area contributed by atoms with Crippen LogP contribution in [-0.2, 0) is 20.7 Å². The molecule has 0 fully saturated rings. The maximum absolute atomic E-state index is 12.2. The molecule has 0 saturated heterocycles. The summed E-state index contributed by atoms with van der Waals surface area (Å²) in [4.78, 5) is 24.4. The average molecular weight is 277 g/mol. The standard InChI is InChI=1S/C15H19NO4/c1-3-20-14(18)15(2,13(17)9-10-16-19)11-12-7-5-4-6-8-12/h4-8,10,19H,3,9,11H2,1-2H3/b16-10+. The third-order valence-electron chi connectivity index (χ3n) is 3.10. The zero-order valence-electron chi connectivity index (χ0n) is 11.7. The summed E-state index contributed by atoms with van der Waals surface area (Å²) < 4.78 is 5.01. The molecule has 0 spiro atoms. The van der Waals surface area contributed by atoms with E-state index >= 15 is 0 Å². The first-order valence-electron chi connectivity index (χ1n) is 6.45. The third kappa shape index (κ3) is 3.91. The smallest absolute Gasteiger partial charge is 0.319 e. The molecule has 0 heterocycles. The number of ketones is 1. The highest BCUT2D eigenvalue weighted by Crippen LogP contribution is 2.27. The van der Waals surface area contributed by atoms with Crippen LogP contribution in [0.2, 0.25) is 0 Å². The second-order valence-electron chi connectivity index (χ2n) is 4.64. The lowest BCUT2D eigenvalue weighted by molar-refractivity contribution is -0.158. The molecule has 1 rings (SSSR count). The lowest BCUT2D eigenvalue weighted by Crippen LogP contribution is -2.40. The number of hydrogen-bond donors (Lipinski definition) is 1. The van der Waals surface area contributed by atoms with Gasteiger partial charge >= 0.3 is 5.97 Å². The van der Waals surface area contributed by atoms with E-state index in [1.165, 1.54) is 0 Å². The quantitative estimate of drug-likeness (QED) is 0.272. The molecule has 0 amide bonds. The molecular weight excluding hydrogens is 258 g/mol. The van der Waals surface area contributed by atoms with Gasteiger partial charge in [-0.15, -0.1) is 5.16 Å². The Labute approximate surface area is 118 Å². The van der Waals surface area contributed by atoms with Gasteiger partial charge in [-0.2, -0.15) is 0 Å². The van der Waals surface area contributed by atoms with Crippen molar-refractivity contribution >= 4 is 18.0 Å². The fourth-order valence-corrected chi connectivity index (χ4v) is 1.93. The number of Topliss-reactive ketones (excluding diaryl/α,β-unsaturated/α-hetero) is 1. The Morgan fingerprint density at radius 2 is 2.00 bits per heavy atom. The predicted octanol–water partition coefficient (Wildman–Crippen LogP) is 2.22. The van der Waals surface area contributed by atoms with E-state index in [1.807, 2.05) is 30.3 Å². The van der Waals surface area contributed by atoms with Crippen LogP contribution < -0.4 is 0 Å². The zero-order chi connectivity index (χ0) is 15.0. The number of ether oxygens (including phenoxy) is 1. The highest BCUT2D eigenvalue weighted by molar-refractivity contribution is 6.08. The molecule has 1 atom stereocenters. The van der Waals surface area contributed by atoms with Gasteiger partial charge in [-0.3, -0.25) is 9.59 Å². The normalized spacial score (nSPS) is 13.9. The van der Waals surface area contributed by atoms with Crippen LogP contribution in [0.15, 0.2) is 35.5 Å². The first kappa shape index (κ1) is 15.9. The van der Waals surface area contributed by atoms with E-state index in [0.717, 1.165) is 11.8 Å². The van der Waals surface area contributed by atoms with Gasteiger partial charge in [0.1, 0.15) is 5.41 Å². The summed E-state index contributed by atoms with van der Waals surface area (Å²) in [5, 5.41) is 11.2. The molecule has 0 aliphatic heterocycles. The van der Waals surface area contributed by atoms with Crippen molar-refractivity contribution in [2.24, 2.45) is 10.6 Å². The van der Waals surface area contributed by atoms with Crippen molar-refractivity contribution in [3.8, 4) is 0 Å². The van der Waals surface area contributed by atoms with E-state index in [-0.39, 0.29) is 25.2 Å². The first-order chi connectivity index (χ1) is 9.54. The Bertz CT molecular complexity index is 484. The van der Waals surface area contributed by atoms with E-state index in [2.05, 4.69) is 5.16 Å². The molecule has 0 bridgehead atoms. The lowest BCUT2D eigenvalue weighted by Gasteiger charge is -2.25. The molecule has 20 heavy (non-hydrogen) atoms. The molecule has 0 aliphatic rings. The number of oxime groups is 1. The van der Waals surface area contributed by atoms with Crippen LogP contribution in [0.25, 0.3) is 0 Å². The molecule has 0 radical (unpaired) electrons. The summed E-state index contributed by atoms with van der Waals surface area (Å²) in [6.45, 7) is 3.47. The van der Waals surface area contributed by atoms with Crippen molar-refractivity contribution in [2.45, 2.75) is 26.7 Å². The molecule has 0 aliphatic carbocycles. The van der Waals surface area contributed by atoms with E-state index in [9.17, 15) is 9.59 Å². The van der Waals surface area contributed by atoms with E-state index in [0.29, 0.717) is 0 Å². The SMILES string of the molecule is CCOC(=O)C(C)(Cc1ccccc1)C(=O)C/C=N/O. The molecular formula is C15H19NO4. The van der Waals surface area contributed by atoms with Crippen molar-refractivity contribution in [1.82, 2.24) is 0 Å². The predicted molar refractivity (Wildman–Crippen MR) is 74.8 cm³/mol. The van der Waals surface area contributed by atoms with Crippen molar-refractivity contribution in [3.63, 3.8) is 0 Å². The summed E-state index contributed by atoms with van der Waals surface area (Å²) in [5.74, 6) is -0.891. The van der Waals surface area contributed by atoms with Crippen LogP contribution in [0.3, 0.4) is 0 Å². The lowest BCUT2D eigenvalue weighted by atomic mass is 9.78. The van der Waals surface area contributed by atoms with Gasteiger partial charge in [0.15, 0.2) is 5.78 Å². The van der Waals surface area contributed by atoms with Gasteiger partial charge in [-0.25, -0.2) is 0 Å². The number of carbonyl (C=O) groups excluding carboxylic acids is 2. The monoisotopic (exact) mass is 277 g/mol. The fraction of sp³-hybridized carbons (Fsp3) is 0.400. The maximum atomic E-state index is 12.2. The fourth-order valence-electron chi connectivity index (χ4n) is 1.93. The van der Waals surface area contributed by atoms with Crippen molar-refractivity contribution < 1.29 is 19.5 Å². The highest BCUT2D eigenvalue weighted by Gasteiger charge is 2.41. The van der Waals surface area contributed by atoms with Crippen LogP contribution in [0.5, 0.6) is 0 Å². The number of rotatable bonds is 7. The maximum Gasteiger partial charge on any atom is 0.319 e. The van der Waals surface area contributed by atoms with E-state index < -0.39 is 11.4 Å². The Balaban J connectivity index is 3.00. The van der Waals surface area contributed by atoms with Crippen molar-refractivity contribution in [1.29, 1.82) is 0 Å². The largest absolute Gasteiger partial charge is 0.465 e. The summed E-state index contributed by atoms with van der Waals surface area (Å²) in [6, 6.07) is 9.27. The van der Waals surface area contributed by atoms with Gasteiger partial charge in [-0.1, -0.05) is 30.3 Å². The molecule has 5 nitrogen and oxygen atoms in total. The topological polar surface area (TPSA) is 76.0 Å². The van der Waals surface area contributed by atoms with E-state index in [1.54, 1.807) is 13.8 Å². The van der Waals surface area contributed by atoms with Crippen molar-refractivity contribution in [3.05, 3.63) is 35.9 Å². The number of benzene rings is 1. The minimum Gasteiger partial charge on any atom is -0.465 e. The molecule has 1 unspecified atom stereocenters. The molecule has 0 saturated carbocycles. The number of hydrogen-bond acceptors (Lipinski definition) is 5. The van der Waals surface area contributed by atoms with Crippen LogP contribution in [-0.4, -0.2) is 29.8 Å². The molecule has 0 aromatic heterocycles. The van der Waals surface area contributed by atoms with Crippen LogP contribution in [0.4, 0.5) is 0 Å². The highest BCUT2D eigenvalue weighted by atomic mass is 16.5. The Morgan fingerprint density at radius 3 is 2.55 bits per heavy atom. The van der Waals surface area contributed by atoms with Gasteiger partial charge in [0.25, 0.3) is 0 Å². The van der Waals surface area contributed by atoms with Gasteiger partial charge in [-0.05, 0) is 25.8 Å². The van der Waals surface area contributed by atoms with Gasteiger partial charge < -0.3 is 9.94 Å². The Kier molecular flexibility index (Phi) is 5.90. The van der Waals surface area contributed by atoms with Gasteiger partial charge in [0.05, 0.1) is 12.8 Å². The number of nitrogens with zero attached hydrogens (tertiary/aromatic N) is 1. The third-order valence-corrected chi connectivity index (χ3v) is 3.10. The number of esters is 1. The van der Waals surface area contributed by atoms with Crippen LogP contribution in [0, 0.1) is 5.41 Å². The average Bonchev–Trinajstić information content (AvgIpc) is 2.45. The molecule has 108 valence electrons. The summed E-state index contributed by atoms with van der Waals surface area (Å²) >= 11 is 0.